The van der Waals surface area contributed by atoms with Crippen LogP contribution in [0.1, 0.15) is 25.7 Å². The van der Waals surface area contributed by atoms with Gasteiger partial charge < -0.3 is 15.4 Å². The third-order valence-corrected chi connectivity index (χ3v) is 3.87. The van der Waals surface area contributed by atoms with Crippen LogP contribution in [0.2, 0.25) is 0 Å². The van der Waals surface area contributed by atoms with Crippen LogP contribution >= 0.6 is 0 Å². The Hall–Kier alpha value is -0.810. The first kappa shape index (κ1) is 12.2. The van der Waals surface area contributed by atoms with Crippen molar-refractivity contribution in [2.24, 2.45) is 4.99 Å². The second-order valence-corrected chi connectivity index (χ2v) is 5.59. The number of rotatable bonds is 4. The molecule has 0 aromatic rings. The fourth-order valence-electron chi connectivity index (χ4n) is 2.46. The predicted molar refractivity (Wildman–Crippen MR) is 71.9 cm³/mol. The summed E-state index contributed by atoms with van der Waals surface area (Å²) < 4.78 is 5.81. The molecule has 1 saturated heterocycles. The Morgan fingerprint density at radius 3 is 2.83 bits per heavy atom. The maximum Gasteiger partial charge on any atom is 0.191 e. The van der Waals surface area contributed by atoms with Crippen molar-refractivity contribution in [3.8, 4) is 0 Å². The molecule has 0 amide bonds. The third-order valence-electron chi connectivity index (χ3n) is 3.87. The Kier molecular flexibility index (Phi) is 3.70. The van der Waals surface area contributed by atoms with Gasteiger partial charge in [-0.25, -0.2) is 0 Å². The molecule has 2 aliphatic carbocycles. The van der Waals surface area contributed by atoms with E-state index in [1.807, 2.05) is 7.05 Å². The van der Waals surface area contributed by atoms with Gasteiger partial charge in [0.15, 0.2) is 5.96 Å². The van der Waals surface area contributed by atoms with Crippen LogP contribution in [-0.4, -0.2) is 62.3 Å². The van der Waals surface area contributed by atoms with Crippen LogP contribution in [0.3, 0.4) is 0 Å². The highest BCUT2D eigenvalue weighted by Crippen LogP contribution is 2.28. The van der Waals surface area contributed by atoms with E-state index in [4.69, 9.17) is 4.74 Å². The van der Waals surface area contributed by atoms with E-state index in [0.717, 1.165) is 38.2 Å². The molecule has 2 N–H and O–H groups in total. The molecule has 5 nitrogen and oxygen atoms in total. The van der Waals surface area contributed by atoms with E-state index < -0.39 is 0 Å². The molecule has 102 valence electrons. The minimum atomic E-state index is 0.303. The summed E-state index contributed by atoms with van der Waals surface area (Å²) in [6.07, 6.45) is 5.61. The number of ether oxygens (including phenoxy) is 1. The zero-order chi connectivity index (χ0) is 12.4. The Morgan fingerprint density at radius 1 is 1.33 bits per heavy atom. The highest BCUT2D eigenvalue weighted by Gasteiger charge is 2.33. The molecule has 3 rings (SSSR count). The number of aliphatic imine (C=N–C) groups is 1. The van der Waals surface area contributed by atoms with Gasteiger partial charge in [-0.2, -0.15) is 0 Å². The summed E-state index contributed by atoms with van der Waals surface area (Å²) in [6.45, 7) is 3.90. The molecule has 2 saturated carbocycles. The quantitative estimate of drug-likeness (QED) is 0.553. The second-order valence-electron chi connectivity index (χ2n) is 5.59. The fourth-order valence-corrected chi connectivity index (χ4v) is 2.46. The van der Waals surface area contributed by atoms with Crippen LogP contribution < -0.4 is 10.6 Å². The molecule has 0 radical (unpaired) electrons. The number of nitrogens with one attached hydrogen (secondary N) is 2. The highest BCUT2D eigenvalue weighted by molar-refractivity contribution is 5.80. The second kappa shape index (κ2) is 5.45. The SMILES string of the molecule is CN=C(NCC1CN(C2CC2)CCO1)NC1CC1. The van der Waals surface area contributed by atoms with Crippen molar-refractivity contribution in [3.05, 3.63) is 0 Å². The molecule has 0 aromatic carbocycles. The van der Waals surface area contributed by atoms with Crippen LogP contribution in [0.25, 0.3) is 0 Å². The molecule has 1 aliphatic heterocycles. The van der Waals surface area contributed by atoms with Crippen molar-refractivity contribution >= 4 is 5.96 Å². The lowest BCUT2D eigenvalue weighted by Gasteiger charge is -2.33. The lowest BCUT2D eigenvalue weighted by molar-refractivity contribution is -0.0282. The van der Waals surface area contributed by atoms with Gasteiger partial charge in [0, 0.05) is 38.8 Å². The largest absolute Gasteiger partial charge is 0.374 e. The number of morpholine rings is 1. The van der Waals surface area contributed by atoms with E-state index in [0.29, 0.717) is 12.1 Å². The molecule has 0 aromatic heterocycles. The van der Waals surface area contributed by atoms with Crippen molar-refractivity contribution < 1.29 is 4.74 Å². The normalized spacial score (nSPS) is 30.3. The van der Waals surface area contributed by atoms with Crippen molar-refractivity contribution in [2.45, 2.75) is 43.9 Å². The van der Waals surface area contributed by atoms with Gasteiger partial charge in [0.25, 0.3) is 0 Å². The van der Waals surface area contributed by atoms with Crippen LogP contribution in [-0.2, 0) is 4.74 Å². The smallest absolute Gasteiger partial charge is 0.191 e. The summed E-state index contributed by atoms with van der Waals surface area (Å²) in [6, 6.07) is 1.49. The molecule has 1 atom stereocenters. The summed E-state index contributed by atoms with van der Waals surface area (Å²) >= 11 is 0. The predicted octanol–water partition coefficient (Wildman–Crippen LogP) is 0.177. The van der Waals surface area contributed by atoms with E-state index in [-0.39, 0.29) is 0 Å². The van der Waals surface area contributed by atoms with Crippen LogP contribution in [0, 0.1) is 0 Å². The van der Waals surface area contributed by atoms with Gasteiger partial charge in [-0.3, -0.25) is 9.89 Å². The number of hydrogen-bond acceptors (Lipinski definition) is 3. The van der Waals surface area contributed by atoms with Gasteiger partial charge in [-0.05, 0) is 25.7 Å². The molecule has 18 heavy (non-hydrogen) atoms. The van der Waals surface area contributed by atoms with E-state index >= 15 is 0 Å². The third kappa shape index (κ3) is 3.36. The van der Waals surface area contributed by atoms with E-state index in [2.05, 4.69) is 20.5 Å². The first-order chi connectivity index (χ1) is 8.85. The average Bonchev–Trinajstić information content (AvgIpc) is 3.29. The first-order valence-electron chi connectivity index (χ1n) is 7.18. The number of guanidine groups is 1. The number of nitrogens with zero attached hydrogens (tertiary/aromatic N) is 2. The lowest BCUT2D eigenvalue weighted by Crippen LogP contribution is -2.50. The van der Waals surface area contributed by atoms with Crippen molar-refractivity contribution in [3.63, 3.8) is 0 Å². The van der Waals surface area contributed by atoms with Gasteiger partial charge in [0.05, 0.1) is 12.7 Å². The van der Waals surface area contributed by atoms with E-state index in [9.17, 15) is 0 Å². The minimum absolute atomic E-state index is 0.303. The zero-order valence-corrected chi connectivity index (χ0v) is 11.2. The van der Waals surface area contributed by atoms with Crippen LogP contribution in [0.15, 0.2) is 4.99 Å². The standard InChI is InChI=1S/C13H24N4O/c1-14-13(16-10-2-3-10)15-8-12-9-17(6-7-18-12)11-4-5-11/h10-12H,2-9H2,1H3,(H2,14,15,16). The monoisotopic (exact) mass is 252 g/mol. The van der Waals surface area contributed by atoms with Crippen LogP contribution in [0.4, 0.5) is 0 Å². The Bertz CT molecular complexity index is 312. The lowest BCUT2D eigenvalue weighted by atomic mass is 10.2. The summed E-state index contributed by atoms with van der Waals surface area (Å²) in [5.41, 5.74) is 0. The van der Waals surface area contributed by atoms with Crippen molar-refractivity contribution in [1.82, 2.24) is 15.5 Å². The molecule has 3 aliphatic rings. The maximum absolute atomic E-state index is 5.81. The average molecular weight is 252 g/mol. The van der Waals surface area contributed by atoms with Gasteiger partial charge in [0.1, 0.15) is 0 Å². The first-order valence-corrected chi connectivity index (χ1v) is 7.18. The molecule has 3 fully saturated rings. The molecule has 1 heterocycles. The Labute approximate surface area is 109 Å². The molecule has 0 bridgehead atoms. The summed E-state index contributed by atoms with van der Waals surface area (Å²) in [5, 5.41) is 6.77. The number of hydrogen-bond donors (Lipinski definition) is 2. The van der Waals surface area contributed by atoms with Gasteiger partial charge in [0.2, 0.25) is 0 Å². The fraction of sp³-hybridized carbons (Fsp3) is 0.923. The minimum Gasteiger partial charge on any atom is -0.374 e. The molecular weight excluding hydrogens is 228 g/mol. The zero-order valence-electron chi connectivity index (χ0n) is 11.2. The molecule has 1 unspecified atom stereocenters. The maximum atomic E-state index is 5.81. The molecule has 0 spiro atoms. The Balaban J connectivity index is 1.40. The van der Waals surface area contributed by atoms with Gasteiger partial charge in [-0.1, -0.05) is 0 Å². The van der Waals surface area contributed by atoms with E-state index in [1.54, 1.807) is 0 Å². The summed E-state index contributed by atoms with van der Waals surface area (Å²) in [5.74, 6) is 0.921. The van der Waals surface area contributed by atoms with Gasteiger partial charge >= 0.3 is 0 Å². The van der Waals surface area contributed by atoms with Crippen molar-refractivity contribution in [1.29, 1.82) is 0 Å². The summed E-state index contributed by atoms with van der Waals surface area (Å²) in [4.78, 5) is 6.82. The highest BCUT2D eigenvalue weighted by atomic mass is 16.5. The Morgan fingerprint density at radius 2 is 2.17 bits per heavy atom. The van der Waals surface area contributed by atoms with E-state index in [1.165, 1.54) is 25.7 Å². The van der Waals surface area contributed by atoms with Crippen molar-refractivity contribution in [2.75, 3.05) is 33.3 Å². The summed E-state index contributed by atoms with van der Waals surface area (Å²) in [7, 11) is 1.83. The molecule has 5 heteroatoms. The van der Waals surface area contributed by atoms with Crippen LogP contribution in [0.5, 0.6) is 0 Å². The van der Waals surface area contributed by atoms with Gasteiger partial charge in [-0.15, -0.1) is 0 Å². The topological polar surface area (TPSA) is 48.9 Å². The molecular formula is C13H24N4O.